The molecule has 4 N–H and O–H groups in total. The molecule has 0 atom stereocenters. The van der Waals surface area contributed by atoms with Gasteiger partial charge in [-0.25, -0.2) is 0 Å². The largest absolute Gasteiger partial charge is 0.495 e. The molecular weight excluding hydrogens is 456 g/mol. The Labute approximate surface area is 159 Å². The number of H-pyrrole nitrogens is 4. The highest BCUT2D eigenvalue weighted by molar-refractivity contribution is 9.11. The Morgan fingerprint density at radius 1 is 0.920 bits per heavy atom. The zero-order chi connectivity index (χ0) is 18.3. The van der Waals surface area contributed by atoms with Crippen molar-refractivity contribution in [1.29, 1.82) is 0 Å². The third kappa shape index (κ3) is 3.02. The number of hydrogen-bond acceptors (Lipinski definition) is 3. The van der Waals surface area contributed by atoms with Crippen molar-refractivity contribution in [1.82, 2.24) is 20.4 Å². The number of halogens is 2. The van der Waals surface area contributed by atoms with Gasteiger partial charge in [0, 0.05) is 21.4 Å². The summed E-state index contributed by atoms with van der Waals surface area (Å²) in [6.07, 6.45) is 0. The molecular formula is C16H16Br2N4O3. The molecule has 2 heterocycles. The summed E-state index contributed by atoms with van der Waals surface area (Å²) >= 11 is 6.96. The van der Waals surface area contributed by atoms with E-state index in [9.17, 15) is 9.59 Å². The molecule has 25 heavy (non-hydrogen) atoms. The van der Waals surface area contributed by atoms with Gasteiger partial charge in [0.15, 0.2) is 0 Å². The third-order valence-electron chi connectivity index (χ3n) is 4.15. The molecule has 7 nitrogen and oxygen atoms in total. The summed E-state index contributed by atoms with van der Waals surface area (Å²) in [5.41, 5.74) is 2.40. The summed E-state index contributed by atoms with van der Waals surface area (Å²) in [7, 11) is 1.55. The highest BCUT2D eigenvalue weighted by Crippen LogP contribution is 2.41. The van der Waals surface area contributed by atoms with Crippen LogP contribution in [0.5, 0.6) is 5.75 Å². The van der Waals surface area contributed by atoms with E-state index in [1.54, 1.807) is 21.0 Å². The molecule has 3 rings (SSSR count). The molecule has 0 fully saturated rings. The lowest BCUT2D eigenvalue weighted by atomic mass is 9.85. The molecule has 9 heteroatoms. The topological polar surface area (TPSA) is 107 Å². The zero-order valence-electron chi connectivity index (χ0n) is 13.7. The van der Waals surface area contributed by atoms with E-state index in [1.165, 1.54) is 0 Å². The summed E-state index contributed by atoms with van der Waals surface area (Å²) in [5.74, 6) is -0.0399. The lowest BCUT2D eigenvalue weighted by molar-refractivity contribution is 0.406. The third-order valence-corrected chi connectivity index (χ3v) is 5.20. The van der Waals surface area contributed by atoms with E-state index in [-0.39, 0.29) is 11.1 Å². The maximum atomic E-state index is 12.5. The molecule has 0 bridgehead atoms. The first-order chi connectivity index (χ1) is 11.8. The van der Waals surface area contributed by atoms with Crippen LogP contribution in [-0.4, -0.2) is 27.5 Å². The van der Waals surface area contributed by atoms with Crippen LogP contribution in [0.25, 0.3) is 0 Å². The van der Waals surface area contributed by atoms with Gasteiger partial charge in [-0.2, -0.15) is 0 Å². The number of benzene rings is 1. The number of aryl methyl sites for hydroxylation is 2. The number of nitrogens with one attached hydrogen (secondary N) is 4. The van der Waals surface area contributed by atoms with Gasteiger partial charge in [-0.1, -0.05) is 15.9 Å². The Hall–Kier alpha value is -2.00. The van der Waals surface area contributed by atoms with Gasteiger partial charge >= 0.3 is 0 Å². The van der Waals surface area contributed by atoms with E-state index in [2.05, 4.69) is 52.3 Å². The molecule has 132 valence electrons. The summed E-state index contributed by atoms with van der Waals surface area (Å²) in [5, 5.41) is 10.8. The van der Waals surface area contributed by atoms with Crippen LogP contribution in [0.15, 0.2) is 30.7 Å². The number of aromatic nitrogens is 4. The summed E-state index contributed by atoms with van der Waals surface area (Å²) < 4.78 is 7.08. The zero-order valence-corrected chi connectivity index (χ0v) is 16.9. The van der Waals surface area contributed by atoms with E-state index in [4.69, 9.17) is 4.74 Å². The van der Waals surface area contributed by atoms with Crippen LogP contribution in [0.3, 0.4) is 0 Å². The second-order valence-corrected chi connectivity index (χ2v) is 7.45. The lowest BCUT2D eigenvalue weighted by Crippen LogP contribution is -2.21. The Balaban J connectivity index is 2.43. The number of hydrogen-bond donors (Lipinski definition) is 4. The van der Waals surface area contributed by atoms with Crippen molar-refractivity contribution in [3.05, 3.63) is 69.9 Å². The second-order valence-electron chi connectivity index (χ2n) is 5.68. The molecule has 3 aromatic rings. The van der Waals surface area contributed by atoms with E-state index >= 15 is 0 Å². The molecule has 0 unspecified atom stereocenters. The molecule has 0 saturated heterocycles. The predicted octanol–water partition coefficient (Wildman–Crippen LogP) is 3.05. The standard InChI is InChI=1S/C16H16Br2N4O3/c1-6-11(15(23)21-19-6)13(12-7(2)20-22-16(12)24)9-4-8(17)5-10(18)14(9)25-3/h4-5,13H,1-3H3,(H2,19,21,23)(H2,20,22,24). The molecule has 0 amide bonds. The van der Waals surface area contributed by atoms with Crippen LogP contribution < -0.4 is 15.9 Å². The van der Waals surface area contributed by atoms with Crippen molar-refractivity contribution in [3.8, 4) is 5.75 Å². The van der Waals surface area contributed by atoms with Gasteiger partial charge in [0.05, 0.1) is 28.6 Å². The van der Waals surface area contributed by atoms with Gasteiger partial charge < -0.3 is 14.9 Å². The van der Waals surface area contributed by atoms with Gasteiger partial charge in [0.1, 0.15) is 5.75 Å². The summed E-state index contributed by atoms with van der Waals surface area (Å²) in [6.45, 7) is 3.58. The molecule has 0 aliphatic heterocycles. The second kappa shape index (κ2) is 6.72. The van der Waals surface area contributed by atoms with Crippen molar-refractivity contribution < 1.29 is 4.74 Å². The van der Waals surface area contributed by atoms with Gasteiger partial charge in [0.25, 0.3) is 11.1 Å². The van der Waals surface area contributed by atoms with Crippen LogP contribution in [0.4, 0.5) is 0 Å². The predicted molar refractivity (Wildman–Crippen MR) is 102 cm³/mol. The maximum Gasteiger partial charge on any atom is 0.268 e. The molecule has 0 aliphatic carbocycles. The summed E-state index contributed by atoms with van der Waals surface area (Å²) in [4.78, 5) is 24.9. The molecule has 0 aliphatic rings. The van der Waals surface area contributed by atoms with Gasteiger partial charge in [0.2, 0.25) is 0 Å². The number of ether oxygens (including phenoxy) is 1. The monoisotopic (exact) mass is 470 g/mol. The molecule has 0 saturated carbocycles. The minimum Gasteiger partial charge on any atom is -0.495 e. The maximum absolute atomic E-state index is 12.5. The average Bonchev–Trinajstić information content (AvgIpc) is 3.05. The van der Waals surface area contributed by atoms with Crippen LogP contribution in [0, 0.1) is 13.8 Å². The lowest BCUT2D eigenvalue weighted by Gasteiger charge is -2.20. The molecule has 0 radical (unpaired) electrons. The SMILES string of the molecule is COc1c(Br)cc(Br)cc1C(c1c(C)[nH][nH]c1=O)c1c(C)[nH][nH]c1=O. The quantitative estimate of drug-likeness (QED) is 0.469. The first-order valence-electron chi connectivity index (χ1n) is 7.42. The Kier molecular flexibility index (Phi) is 4.79. The molecule has 2 aromatic heterocycles. The van der Waals surface area contributed by atoms with Crippen molar-refractivity contribution in [2.45, 2.75) is 19.8 Å². The minimum absolute atomic E-state index is 0.277. The normalized spacial score (nSPS) is 11.3. The van der Waals surface area contributed by atoms with Crippen molar-refractivity contribution in [3.63, 3.8) is 0 Å². The van der Waals surface area contributed by atoms with Gasteiger partial charge in [-0.15, -0.1) is 0 Å². The van der Waals surface area contributed by atoms with Gasteiger partial charge in [-0.3, -0.25) is 19.8 Å². The first-order valence-corrected chi connectivity index (χ1v) is 9.01. The van der Waals surface area contributed by atoms with E-state index in [0.717, 1.165) is 8.95 Å². The number of rotatable bonds is 4. The van der Waals surface area contributed by atoms with E-state index < -0.39 is 5.92 Å². The van der Waals surface area contributed by atoms with Crippen molar-refractivity contribution in [2.24, 2.45) is 0 Å². The number of methoxy groups -OCH3 is 1. The van der Waals surface area contributed by atoms with E-state index in [0.29, 0.717) is 33.8 Å². The molecule has 0 spiro atoms. The highest BCUT2D eigenvalue weighted by atomic mass is 79.9. The van der Waals surface area contributed by atoms with Crippen molar-refractivity contribution in [2.75, 3.05) is 7.11 Å². The van der Waals surface area contributed by atoms with Crippen molar-refractivity contribution >= 4 is 31.9 Å². The van der Waals surface area contributed by atoms with Crippen LogP contribution in [0.1, 0.15) is 34.0 Å². The van der Waals surface area contributed by atoms with Crippen LogP contribution in [-0.2, 0) is 0 Å². The average molecular weight is 472 g/mol. The number of aromatic amines is 4. The first kappa shape index (κ1) is 17.8. The molecule has 1 aromatic carbocycles. The fourth-order valence-electron chi connectivity index (χ4n) is 3.07. The fourth-order valence-corrected chi connectivity index (χ4v) is 4.49. The Bertz CT molecular complexity index is 990. The van der Waals surface area contributed by atoms with E-state index in [1.807, 2.05) is 12.1 Å². The highest BCUT2D eigenvalue weighted by Gasteiger charge is 2.31. The van der Waals surface area contributed by atoms with Gasteiger partial charge in [-0.05, 0) is 41.9 Å². The fraction of sp³-hybridized carbons (Fsp3) is 0.250. The summed E-state index contributed by atoms with van der Waals surface area (Å²) in [6, 6.07) is 3.70. The Morgan fingerprint density at radius 3 is 1.84 bits per heavy atom. The minimum atomic E-state index is -0.603. The Morgan fingerprint density at radius 2 is 1.44 bits per heavy atom. The van der Waals surface area contributed by atoms with Crippen LogP contribution >= 0.6 is 31.9 Å². The van der Waals surface area contributed by atoms with Crippen LogP contribution in [0.2, 0.25) is 0 Å². The smallest absolute Gasteiger partial charge is 0.268 e.